The molecule has 1 heterocycles. The summed E-state index contributed by atoms with van der Waals surface area (Å²) < 4.78 is 18.3. The third-order valence-electron chi connectivity index (χ3n) is 3.29. The van der Waals surface area contributed by atoms with Crippen molar-refractivity contribution in [3.05, 3.63) is 64.1 Å². The highest BCUT2D eigenvalue weighted by molar-refractivity contribution is 9.10. The molecule has 1 aliphatic rings. The van der Waals surface area contributed by atoms with Gasteiger partial charge < -0.3 is 14.2 Å². The molecule has 1 saturated heterocycles. The lowest BCUT2D eigenvalue weighted by Crippen LogP contribution is -2.18. The molecule has 4 heteroatoms. The molecule has 0 N–H and O–H groups in total. The van der Waals surface area contributed by atoms with Gasteiger partial charge in [0.25, 0.3) is 0 Å². The van der Waals surface area contributed by atoms with Crippen LogP contribution in [0.5, 0.6) is 5.75 Å². The molecule has 0 spiro atoms. The summed E-state index contributed by atoms with van der Waals surface area (Å²) in [5.41, 5.74) is 2.07. The van der Waals surface area contributed by atoms with Gasteiger partial charge in [-0.15, -0.1) is 0 Å². The highest BCUT2D eigenvalue weighted by Crippen LogP contribution is 2.33. The van der Waals surface area contributed by atoms with E-state index >= 15 is 0 Å². The SMILES string of the molecule is Brc1ccc(OCc2ccccc2)c(C2OCCCO2)c1. The lowest BCUT2D eigenvalue weighted by Gasteiger charge is -2.25. The van der Waals surface area contributed by atoms with E-state index < -0.39 is 0 Å². The Morgan fingerprint density at radius 2 is 1.81 bits per heavy atom. The van der Waals surface area contributed by atoms with Gasteiger partial charge in [-0.1, -0.05) is 46.3 Å². The molecule has 110 valence electrons. The van der Waals surface area contributed by atoms with Crippen molar-refractivity contribution in [2.75, 3.05) is 13.2 Å². The second-order valence-electron chi connectivity index (χ2n) is 4.88. The summed E-state index contributed by atoms with van der Waals surface area (Å²) in [7, 11) is 0. The Labute approximate surface area is 133 Å². The molecule has 0 bridgehead atoms. The van der Waals surface area contributed by atoms with Crippen molar-refractivity contribution in [3.8, 4) is 5.75 Å². The number of hydrogen-bond acceptors (Lipinski definition) is 3. The highest BCUT2D eigenvalue weighted by Gasteiger charge is 2.21. The zero-order chi connectivity index (χ0) is 14.5. The van der Waals surface area contributed by atoms with Crippen LogP contribution in [0.3, 0.4) is 0 Å². The molecule has 1 aliphatic heterocycles. The number of ether oxygens (including phenoxy) is 3. The first-order chi connectivity index (χ1) is 10.3. The highest BCUT2D eigenvalue weighted by atomic mass is 79.9. The summed E-state index contributed by atoms with van der Waals surface area (Å²) in [5, 5.41) is 0. The number of hydrogen-bond donors (Lipinski definition) is 0. The van der Waals surface area contributed by atoms with Crippen LogP contribution in [0.4, 0.5) is 0 Å². The Bertz CT molecular complexity index is 580. The summed E-state index contributed by atoms with van der Waals surface area (Å²) >= 11 is 3.49. The van der Waals surface area contributed by atoms with Crippen LogP contribution in [0.2, 0.25) is 0 Å². The van der Waals surface area contributed by atoms with Gasteiger partial charge in [-0.3, -0.25) is 0 Å². The van der Waals surface area contributed by atoms with Gasteiger partial charge in [0.05, 0.1) is 18.8 Å². The van der Waals surface area contributed by atoms with Gasteiger partial charge in [0.1, 0.15) is 12.4 Å². The van der Waals surface area contributed by atoms with Crippen molar-refractivity contribution in [3.63, 3.8) is 0 Å². The van der Waals surface area contributed by atoms with Crippen molar-refractivity contribution < 1.29 is 14.2 Å². The number of benzene rings is 2. The maximum absolute atomic E-state index is 5.95. The van der Waals surface area contributed by atoms with Crippen LogP contribution < -0.4 is 4.74 Å². The van der Waals surface area contributed by atoms with Crippen molar-refractivity contribution in [1.29, 1.82) is 0 Å². The Hall–Kier alpha value is -1.36. The minimum absolute atomic E-state index is 0.345. The maximum atomic E-state index is 5.95. The van der Waals surface area contributed by atoms with E-state index in [0.717, 1.165) is 41.0 Å². The Morgan fingerprint density at radius 1 is 1.05 bits per heavy atom. The lowest BCUT2D eigenvalue weighted by molar-refractivity contribution is -0.183. The molecule has 2 aromatic carbocycles. The van der Waals surface area contributed by atoms with Gasteiger partial charge in [0, 0.05) is 4.47 Å². The van der Waals surface area contributed by atoms with Crippen LogP contribution in [0.15, 0.2) is 53.0 Å². The Balaban J connectivity index is 1.77. The molecule has 0 radical (unpaired) electrons. The van der Waals surface area contributed by atoms with Gasteiger partial charge in [0.15, 0.2) is 6.29 Å². The summed E-state index contributed by atoms with van der Waals surface area (Å²) in [6, 6.07) is 16.0. The van der Waals surface area contributed by atoms with Gasteiger partial charge in [0.2, 0.25) is 0 Å². The third-order valence-corrected chi connectivity index (χ3v) is 3.78. The first-order valence-electron chi connectivity index (χ1n) is 7.02. The van der Waals surface area contributed by atoms with Crippen LogP contribution in [0.25, 0.3) is 0 Å². The van der Waals surface area contributed by atoms with E-state index in [0.29, 0.717) is 6.61 Å². The second kappa shape index (κ2) is 7.07. The van der Waals surface area contributed by atoms with Crippen molar-refractivity contribution >= 4 is 15.9 Å². The topological polar surface area (TPSA) is 27.7 Å². The average Bonchev–Trinajstić information content (AvgIpc) is 2.55. The van der Waals surface area contributed by atoms with Gasteiger partial charge in [-0.05, 0) is 30.2 Å². The molecule has 0 amide bonds. The van der Waals surface area contributed by atoms with Crippen LogP contribution in [-0.4, -0.2) is 13.2 Å². The molecule has 3 nitrogen and oxygen atoms in total. The summed E-state index contributed by atoms with van der Waals surface area (Å²) in [5.74, 6) is 0.800. The molecule has 0 atom stereocenters. The van der Waals surface area contributed by atoms with E-state index in [1.54, 1.807) is 0 Å². The molecule has 21 heavy (non-hydrogen) atoms. The standard InChI is InChI=1S/C17H17BrO3/c18-14-7-8-16(21-12-13-5-2-1-3-6-13)15(11-14)17-19-9-4-10-20-17/h1-3,5-8,11,17H,4,9-10,12H2. The molecule has 0 aliphatic carbocycles. The van der Waals surface area contributed by atoms with E-state index in [1.165, 1.54) is 0 Å². The third kappa shape index (κ3) is 3.84. The summed E-state index contributed by atoms with van der Waals surface area (Å²) in [4.78, 5) is 0. The van der Waals surface area contributed by atoms with E-state index in [-0.39, 0.29) is 6.29 Å². The lowest BCUT2D eigenvalue weighted by atomic mass is 10.2. The zero-order valence-electron chi connectivity index (χ0n) is 11.6. The van der Waals surface area contributed by atoms with Crippen LogP contribution in [0.1, 0.15) is 23.8 Å². The van der Waals surface area contributed by atoms with Crippen molar-refractivity contribution in [2.45, 2.75) is 19.3 Å². The van der Waals surface area contributed by atoms with Crippen molar-refractivity contribution in [2.24, 2.45) is 0 Å². The van der Waals surface area contributed by atoms with E-state index in [4.69, 9.17) is 14.2 Å². The van der Waals surface area contributed by atoms with Gasteiger partial charge >= 0.3 is 0 Å². The van der Waals surface area contributed by atoms with Crippen LogP contribution in [0, 0.1) is 0 Å². The normalized spacial score (nSPS) is 15.9. The van der Waals surface area contributed by atoms with Gasteiger partial charge in [-0.25, -0.2) is 0 Å². The fourth-order valence-electron chi connectivity index (χ4n) is 2.24. The fourth-order valence-corrected chi connectivity index (χ4v) is 2.62. The fraction of sp³-hybridized carbons (Fsp3) is 0.294. The maximum Gasteiger partial charge on any atom is 0.187 e. The molecule has 1 fully saturated rings. The van der Waals surface area contributed by atoms with E-state index in [1.807, 2.05) is 48.5 Å². The first-order valence-corrected chi connectivity index (χ1v) is 7.81. The molecule has 3 rings (SSSR count). The molecular weight excluding hydrogens is 332 g/mol. The minimum Gasteiger partial charge on any atom is -0.488 e. The molecule has 2 aromatic rings. The smallest absolute Gasteiger partial charge is 0.187 e. The van der Waals surface area contributed by atoms with E-state index in [9.17, 15) is 0 Å². The monoisotopic (exact) mass is 348 g/mol. The predicted octanol–water partition coefficient (Wildman–Crippen LogP) is 4.46. The predicted molar refractivity (Wildman–Crippen MR) is 84.2 cm³/mol. The second-order valence-corrected chi connectivity index (χ2v) is 5.80. The Morgan fingerprint density at radius 3 is 2.57 bits per heavy atom. The zero-order valence-corrected chi connectivity index (χ0v) is 13.2. The molecule has 0 aromatic heterocycles. The molecular formula is C17H17BrO3. The summed E-state index contributed by atoms with van der Waals surface area (Å²) in [6.45, 7) is 1.97. The number of halogens is 1. The molecule has 0 unspecified atom stereocenters. The molecule has 0 saturated carbocycles. The van der Waals surface area contributed by atoms with E-state index in [2.05, 4.69) is 15.9 Å². The quantitative estimate of drug-likeness (QED) is 0.816. The number of rotatable bonds is 4. The minimum atomic E-state index is -0.345. The first kappa shape index (κ1) is 14.6. The van der Waals surface area contributed by atoms with Crippen LogP contribution in [-0.2, 0) is 16.1 Å². The van der Waals surface area contributed by atoms with Crippen molar-refractivity contribution in [1.82, 2.24) is 0 Å². The Kier molecular flexibility index (Phi) is 4.91. The van der Waals surface area contributed by atoms with Crippen LogP contribution >= 0.6 is 15.9 Å². The van der Waals surface area contributed by atoms with Gasteiger partial charge in [-0.2, -0.15) is 0 Å². The largest absolute Gasteiger partial charge is 0.488 e. The average molecular weight is 349 g/mol. The summed E-state index contributed by atoms with van der Waals surface area (Å²) in [6.07, 6.45) is 0.590.